The fourth-order valence-corrected chi connectivity index (χ4v) is 3.76. The van der Waals surface area contributed by atoms with E-state index < -0.39 is 0 Å². The van der Waals surface area contributed by atoms with Gasteiger partial charge in [0.25, 0.3) is 0 Å². The molecule has 0 saturated carbocycles. The standard InChI is InChI=1S/C16H19Cl2N3OS/c1-5-20(6-2)16(22)21-8-7-14(19-21)23-15-10(3)12(17)9-13(18)11(15)4/h7-9H,5-6H2,1-4H3. The summed E-state index contributed by atoms with van der Waals surface area (Å²) in [4.78, 5) is 15.0. The van der Waals surface area contributed by atoms with E-state index in [0.29, 0.717) is 23.1 Å². The summed E-state index contributed by atoms with van der Waals surface area (Å²) in [6, 6.07) is 3.44. The number of carbonyl (C=O) groups excluding carboxylic acids is 1. The van der Waals surface area contributed by atoms with Crippen LogP contribution in [0.3, 0.4) is 0 Å². The molecule has 0 aliphatic rings. The van der Waals surface area contributed by atoms with Crippen molar-refractivity contribution in [3.63, 3.8) is 0 Å². The number of halogens is 2. The second-order valence-electron chi connectivity index (χ2n) is 5.07. The summed E-state index contributed by atoms with van der Waals surface area (Å²) in [7, 11) is 0. The zero-order valence-corrected chi connectivity index (χ0v) is 15.9. The van der Waals surface area contributed by atoms with Crippen molar-refractivity contribution < 1.29 is 4.79 Å². The molecule has 1 aromatic heterocycles. The van der Waals surface area contributed by atoms with E-state index in [1.165, 1.54) is 16.4 Å². The van der Waals surface area contributed by atoms with Crippen LogP contribution in [0, 0.1) is 13.8 Å². The predicted molar refractivity (Wildman–Crippen MR) is 96.0 cm³/mol. The number of carbonyl (C=O) groups is 1. The minimum Gasteiger partial charge on any atom is -0.323 e. The van der Waals surface area contributed by atoms with Crippen molar-refractivity contribution in [1.82, 2.24) is 14.7 Å². The summed E-state index contributed by atoms with van der Waals surface area (Å²) in [6.07, 6.45) is 1.68. The third-order valence-corrected chi connectivity index (χ3v) is 5.68. The quantitative estimate of drug-likeness (QED) is 0.734. The molecule has 0 bridgehead atoms. The molecule has 0 unspecified atom stereocenters. The summed E-state index contributed by atoms with van der Waals surface area (Å²) < 4.78 is 1.37. The van der Waals surface area contributed by atoms with Crippen molar-refractivity contribution in [1.29, 1.82) is 0 Å². The molecule has 7 heteroatoms. The molecule has 0 aliphatic heterocycles. The highest BCUT2D eigenvalue weighted by Gasteiger charge is 2.16. The Labute approximate surface area is 150 Å². The lowest BCUT2D eigenvalue weighted by Crippen LogP contribution is -2.34. The molecular formula is C16H19Cl2N3OS. The molecule has 1 amide bonds. The van der Waals surface area contributed by atoms with Crippen molar-refractivity contribution in [2.45, 2.75) is 37.6 Å². The maximum atomic E-state index is 12.3. The first kappa shape index (κ1) is 18.2. The number of hydrogen-bond donors (Lipinski definition) is 0. The van der Waals surface area contributed by atoms with Crippen LogP contribution in [-0.4, -0.2) is 33.8 Å². The van der Waals surface area contributed by atoms with Crippen LogP contribution in [0.4, 0.5) is 4.79 Å². The molecule has 4 nitrogen and oxygen atoms in total. The Morgan fingerprint density at radius 3 is 2.30 bits per heavy atom. The number of hydrogen-bond acceptors (Lipinski definition) is 3. The molecule has 0 fully saturated rings. The van der Waals surface area contributed by atoms with Crippen LogP contribution in [0.5, 0.6) is 0 Å². The van der Waals surface area contributed by atoms with Gasteiger partial charge in [0.05, 0.1) is 0 Å². The second-order valence-corrected chi connectivity index (χ2v) is 6.92. The zero-order valence-electron chi connectivity index (χ0n) is 13.6. The highest BCUT2D eigenvalue weighted by Crippen LogP contribution is 2.38. The Morgan fingerprint density at radius 1 is 1.22 bits per heavy atom. The van der Waals surface area contributed by atoms with Crippen molar-refractivity contribution >= 4 is 41.0 Å². The molecule has 23 heavy (non-hydrogen) atoms. The van der Waals surface area contributed by atoms with Crippen molar-refractivity contribution in [2.75, 3.05) is 13.1 Å². The van der Waals surface area contributed by atoms with E-state index in [4.69, 9.17) is 23.2 Å². The summed E-state index contributed by atoms with van der Waals surface area (Å²) in [5.41, 5.74) is 1.92. The van der Waals surface area contributed by atoms with E-state index >= 15 is 0 Å². The number of benzene rings is 1. The SMILES string of the molecule is CCN(CC)C(=O)n1ccc(Sc2c(C)c(Cl)cc(Cl)c2C)n1. The lowest BCUT2D eigenvalue weighted by atomic mass is 10.1. The van der Waals surface area contributed by atoms with Gasteiger partial charge in [0.15, 0.2) is 0 Å². The van der Waals surface area contributed by atoms with Crippen LogP contribution in [0.25, 0.3) is 0 Å². The predicted octanol–water partition coefficient (Wildman–Crippen LogP) is 5.27. The van der Waals surface area contributed by atoms with Crippen LogP contribution in [0.15, 0.2) is 28.3 Å². The highest BCUT2D eigenvalue weighted by atomic mass is 35.5. The normalized spacial score (nSPS) is 10.9. The van der Waals surface area contributed by atoms with Gasteiger partial charge in [0.2, 0.25) is 0 Å². The first-order chi connectivity index (χ1) is 10.9. The van der Waals surface area contributed by atoms with Gasteiger partial charge in [-0.05, 0) is 51.0 Å². The Bertz CT molecular complexity index is 700. The van der Waals surface area contributed by atoms with Gasteiger partial charge >= 0.3 is 6.03 Å². The van der Waals surface area contributed by atoms with E-state index in [2.05, 4.69) is 5.10 Å². The minimum atomic E-state index is -0.126. The molecule has 0 atom stereocenters. The second kappa shape index (κ2) is 7.60. The Balaban J connectivity index is 2.28. The van der Waals surface area contributed by atoms with Crippen LogP contribution in [0.1, 0.15) is 25.0 Å². The average Bonchev–Trinajstić information content (AvgIpc) is 2.99. The Kier molecular flexibility index (Phi) is 6.00. The minimum absolute atomic E-state index is 0.126. The van der Waals surface area contributed by atoms with Gasteiger partial charge in [-0.25, -0.2) is 4.79 Å². The van der Waals surface area contributed by atoms with Gasteiger partial charge in [-0.3, -0.25) is 0 Å². The largest absolute Gasteiger partial charge is 0.344 e. The average molecular weight is 372 g/mol. The van der Waals surface area contributed by atoms with Gasteiger partial charge in [-0.1, -0.05) is 35.0 Å². The van der Waals surface area contributed by atoms with E-state index in [-0.39, 0.29) is 6.03 Å². The van der Waals surface area contributed by atoms with Crippen LogP contribution in [0.2, 0.25) is 10.0 Å². The van der Waals surface area contributed by atoms with Crippen LogP contribution >= 0.6 is 35.0 Å². The van der Waals surface area contributed by atoms with E-state index in [9.17, 15) is 4.79 Å². The van der Waals surface area contributed by atoms with E-state index in [1.807, 2.05) is 33.8 Å². The molecular weight excluding hydrogens is 353 g/mol. The molecule has 2 aromatic rings. The molecule has 2 rings (SSSR count). The van der Waals surface area contributed by atoms with Crippen molar-refractivity contribution in [2.24, 2.45) is 0 Å². The lowest BCUT2D eigenvalue weighted by Gasteiger charge is -2.17. The van der Waals surface area contributed by atoms with Gasteiger partial charge in [-0.15, -0.1) is 0 Å². The van der Waals surface area contributed by atoms with Gasteiger partial charge in [-0.2, -0.15) is 9.78 Å². The van der Waals surface area contributed by atoms with Crippen molar-refractivity contribution in [3.8, 4) is 0 Å². The monoisotopic (exact) mass is 371 g/mol. The van der Waals surface area contributed by atoms with Gasteiger partial charge in [0.1, 0.15) is 5.03 Å². The first-order valence-electron chi connectivity index (χ1n) is 7.37. The van der Waals surface area contributed by atoms with Gasteiger partial charge in [0, 0.05) is 34.2 Å². The molecule has 1 heterocycles. The summed E-state index contributed by atoms with van der Waals surface area (Å²) in [5, 5.41) is 6.35. The molecule has 0 radical (unpaired) electrons. The topological polar surface area (TPSA) is 38.1 Å². The number of aromatic nitrogens is 2. The highest BCUT2D eigenvalue weighted by molar-refractivity contribution is 7.99. The lowest BCUT2D eigenvalue weighted by molar-refractivity contribution is 0.201. The van der Waals surface area contributed by atoms with Crippen LogP contribution in [-0.2, 0) is 0 Å². The molecule has 124 valence electrons. The molecule has 0 N–H and O–H groups in total. The Morgan fingerprint density at radius 2 is 1.78 bits per heavy atom. The van der Waals surface area contributed by atoms with Crippen molar-refractivity contribution in [3.05, 3.63) is 39.5 Å². The van der Waals surface area contributed by atoms with E-state index in [1.54, 1.807) is 17.2 Å². The summed E-state index contributed by atoms with van der Waals surface area (Å²) in [5.74, 6) is 0. The summed E-state index contributed by atoms with van der Waals surface area (Å²) in [6.45, 7) is 9.10. The summed E-state index contributed by atoms with van der Waals surface area (Å²) >= 11 is 13.9. The molecule has 0 aliphatic carbocycles. The molecule has 1 aromatic carbocycles. The number of amides is 1. The smallest absolute Gasteiger partial charge is 0.323 e. The maximum Gasteiger partial charge on any atom is 0.344 e. The fourth-order valence-electron chi connectivity index (χ4n) is 2.19. The maximum absolute atomic E-state index is 12.3. The molecule has 0 spiro atoms. The number of rotatable bonds is 4. The first-order valence-corrected chi connectivity index (χ1v) is 8.94. The Hall–Kier alpha value is -1.17. The van der Waals surface area contributed by atoms with Crippen LogP contribution < -0.4 is 0 Å². The molecule has 0 saturated heterocycles. The number of nitrogens with zero attached hydrogens (tertiary/aromatic N) is 3. The van der Waals surface area contributed by atoms with E-state index in [0.717, 1.165) is 21.0 Å². The third kappa shape index (κ3) is 3.84. The fraction of sp³-hybridized carbons (Fsp3) is 0.375. The van der Waals surface area contributed by atoms with Gasteiger partial charge < -0.3 is 4.90 Å². The third-order valence-electron chi connectivity index (χ3n) is 3.65. The zero-order chi connectivity index (χ0) is 17.1.